The second-order valence-corrected chi connectivity index (χ2v) is 7.02. The van der Waals surface area contributed by atoms with Crippen LogP contribution in [-0.4, -0.2) is 25.3 Å². The molecule has 0 saturated heterocycles. The first-order valence-corrected chi connectivity index (χ1v) is 7.97. The van der Waals surface area contributed by atoms with Gasteiger partial charge in [0.1, 0.15) is 0 Å². The molecule has 0 saturated carbocycles. The highest BCUT2D eigenvalue weighted by Crippen LogP contribution is 2.46. The quantitative estimate of drug-likeness (QED) is 0.565. The summed E-state index contributed by atoms with van der Waals surface area (Å²) in [6.45, 7) is 4.40. The van der Waals surface area contributed by atoms with Crippen molar-refractivity contribution in [1.82, 2.24) is 25.3 Å². The van der Waals surface area contributed by atoms with Gasteiger partial charge in [0.2, 0.25) is 0 Å². The molecule has 9 heteroatoms. The monoisotopic (exact) mass is 358 g/mol. The predicted octanol–water partition coefficient (Wildman–Crippen LogP) is 4.38. The van der Waals surface area contributed by atoms with Gasteiger partial charge in [-0.25, -0.2) is 9.97 Å². The van der Waals surface area contributed by atoms with Crippen LogP contribution in [0.15, 0.2) is 35.1 Å². The summed E-state index contributed by atoms with van der Waals surface area (Å²) in [7, 11) is 0. The molecule has 4 aromatic rings. The minimum Gasteiger partial charge on any atom is -0.356 e. The number of aromatic amines is 1. The van der Waals surface area contributed by atoms with Crippen LogP contribution in [-0.2, 0) is 5.92 Å². The van der Waals surface area contributed by atoms with E-state index in [9.17, 15) is 8.78 Å². The summed E-state index contributed by atoms with van der Waals surface area (Å²) in [5, 5.41) is 13.9. The Bertz CT molecular complexity index is 1100. The number of H-pyrrole nitrogens is 1. The summed E-state index contributed by atoms with van der Waals surface area (Å²) < 4.78 is 34.4. The molecular weight excluding hydrogens is 342 g/mol. The molecule has 0 aliphatic carbocycles. The van der Waals surface area contributed by atoms with Gasteiger partial charge in [-0.2, -0.15) is 13.9 Å². The molecule has 0 radical (unpaired) electrons. The van der Waals surface area contributed by atoms with E-state index in [1.165, 1.54) is 20.8 Å². The molecule has 0 amide bonds. The van der Waals surface area contributed by atoms with Gasteiger partial charge >= 0.3 is 0 Å². The van der Waals surface area contributed by atoms with E-state index in [1.54, 1.807) is 30.6 Å². The number of halogens is 2. The number of hydrogen-bond acceptors (Lipinski definition) is 6. The lowest BCUT2D eigenvalue weighted by atomic mass is 9.85. The van der Waals surface area contributed by atoms with Crippen LogP contribution in [0.4, 0.5) is 20.3 Å². The number of aromatic nitrogens is 5. The zero-order valence-corrected chi connectivity index (χ0v) is 14.3. The van der Waals surface area contributed by atoms with E-state index in [-0.39, 0.29) is 16.7 Å². The zero-order chi connectivity index (χ0) is 18.5. The molecule has 0 spiro atoms. The van der Waals surface area contributed by atoms with Crippen LogP contribution in [0.1, 0.15) is 26.5 Å². The summed E-state index contributed by atoms with van der Waals surface area (Å²) in [4.78, 5) is 8.32. The molecule has 134 valence electrons. The minimum absolute atomic E-state index is 0.264. The highest BCUT2D eigenvalue weighted by atomic mass is 19.3. The van der Waals surface area contributed by atoms with E-state index in [4.69, 9.17) is 4.52 Å². The normalized spacial score (nSPS) is 12.8. The molecule has 0 fully saturated rings. The van der Waals surface area contributed by atoms with Gasteiger partial charge in [-0.3, -0.25) is 5.10 Å². The Labute approximate surface area is 146 Å². The van der Waals surface area contributed by atoms with Gasteiger partial charge in [0.15, 0.2) is 28.3 Å². The van der Waals surface area contributed by atoms with Gasteiger partial charge in [0.25, 0.3) is 5.92 Å². The van der Waals surface area contributed by atoms with E-state index in [2.05, 4.69) is 30.6 Å². The smallest absolute Gasteiger partial charge is 0.298 e. The second kappa shape index (κ2) is 5.45. The van der Waals surface area contributed by atoms with Crippen molar-refractivity contribution in [2.24, 2.45) is 5.41 Å². The fraction of sp³-hybridized carbons (Fsp3) is 0.294. The fourth-order valence-corrected chi connectivity index (χ4v) is 2.58. The van der Waals surface area contributed by atoms with Gasteiger partial charge in [-0.1, -0.05) is 25.9 Å². The Kier molecular flexibility index (Phi) is 3.43. The molecule has 26 heavy (non-hydrogen) atoms. The zero-order valence-electron chi connectivity index (χ0n) is 14.3. The molecule has 0 bridgehead atoms. The van der Waals surface area contributed by atoms with Crippen LogP contribution < -0.4 is 5.32 Å². The predicted molar refractivity (Wildman–Crippen MR) is 92.3 cm³/mol. The Morgan fingerprint density at radius 1 is 1.12 bits per heavy atom. The number of anilines is 2. The molecule has 3 aromatic heterocycles. The van der Waals surface area contributed by atoms with E-state index >= 15 is 0 Å². The Balaban J connectivity index is 1.71. The SMILES string of the molecule is CC(C)(C)C(F)(F)c1noc2cc(Nc3n[nH]c4nccnc34)ccc12. The van der Waals surface area contributed by atoms with Crippen molar-refractivity contribution in [2.75, 3.05) is 5.32 Å². The molecule has 3 heterocycles. The summed E-state index contributed by atoms with van der Waals surface area (Å²) in [5.41, 5.74) is 0.356. The number of benzene rings is 1. The van der Waals surface area contributed by atoms with Crippen molar-refractivity contribution in [2.45, 2.75) is 26.7 Å². The van der Waals surface area contributed by atoms with Crippen molar-refractivity contribution in [3.05, 3.63) is 36.3 Å². The van der Waals surface area contributed by atoms with Crippen LogP contribution in [0.25, 0.3) is 22.1 Å². The van der Waals surface area contributed by atoms with Crippen LogP contribution in [0.3, 0.4) is 0 Å². The fourth-order valence-electron chi connectivity index (χ4n) is 2.58. The van der Waals surface area contributed by atoms with E-state index in [0.717, 1.165) is 0 Å². The van der Waals surface area contributed by atoms with Crippen molar-refractivity contribution >= 4 is 33.6 Å². The highest BCUT2D eigenvalue weighted by Gasteiger charge is 2.48. The molecule has 2 N–H and O–H groups in total. The van der Waals surface area contributed by atoms with E-state index < -0.39 is 11.3 Å². The molecular formula is C17H16F2N6O. The largest absolute Gasteiger partial charge is 0.356 e. The van der Waals surface area contributed by atoms with E-state index in [1.807, 2.05) is 0 Å². The minimum atomic E-state index is -3.12. The van der Waals surface area contributed by atoms with Gasteiger partial charge in [0.05, 0.1) is 5.39 Å². The first kappa shape index (κ1) is 16.4. The maximum Gasteiger partial charge on any atom is 0.298 e. The number of alkyl halides is 2. The maximum absolute atomic E-state index is 14.6. The third-order valence-electron chi connectivity index (χ3n) is 4.17. The van der Waals surface area contributed by atoms with Gasteiger partial charge < -0.3 is 9.84 Å². The van der Waals surface area contributed by atoms with Crippen molar-refractivity contribution < 1.29 is 13.3 Å². The topological polar surface area (TPSA) is 92.5 Å². The molecule has 0 aliphatic rings. The standard InChI is InChI=1S/C17H16F2N6O/c1-16(2,3)17(18,19)13-10-5-4-9(8-11(10)26-25-13)22-15-12-14(23-24-15)21-7-6-20-12/h4-8H,1-3H3,(H2,21,22,23,24). The molecule has 0 atom stereocenters. The third kappa shape index (κ3) is 2.47. The third-order valence-corrected chi connectivity index (χ3v) is 4.17. The number of rotatable bonds is 3. The summed E-state index contributed by atoms with van der Waals surface area (Å²) in [6.07, 6.45) is 3.12. The van der Waals surface area contributed by atoms with Crippen LogP contribution in [0.5, 0.6) is 0 Å². The Morgan fingerprint density at radius 3 is 2.65 bits per heavy atom. The molecule has 1 aromatic carbocycles. The highest BCUT2D eigenvalue weighted by molar-refractivity contribution is 5.88. The van der Waals surface area contributed by atoms with Crippen molar-refractivity contribution in [3.63, 3.8) is 0 Å². The molecule has 4 rings (SSSR count). The molecule has 0 aliphatic heterocycles. The summed E-state index contributed by atoms with van der Waals surface area (Å²) in [6, 6.07) is 4.82. The molecule has 7 nitrogen and oxygen atoms in total. The van der Waals surface area contributed by atoms with E-state index in [0.29, 0.717) is 22.7 Å². The van der Waals surface area contributed by atoms with Crippen LogP contribution >= 0.6 is 0 Å². The van der Waals surface area contributed by atoms with Crippen molar-refractivity contribution in [3.8, 4) is 0 Å². The van der Waals surface area contributed by atoms with Crippen LogP contribution in [0.2, 0.25) is 0 Å². The van der Waals surface area contributed by atoms with Gasteiger partial charge in [-0.05, 0) is 12.1 Å². The van der Waals surface area contributed by atoms with Gasteiger partial charge in [0, 0.05) is 29.6 Å². The number of nitrogens with zero attached hydrogens (tertiary/aromatic N) is 4. The Hall–Kier alpha value is -3.10. The first-order valence-electron chi connectivity index (χ1n) is 7.97. The van der Waals surface area contributed by atoms with Crippen LogP contribution in [0, 0.1) is 5.41 Å². The summed E-state index contributed by atoms with van der Waals surface area (Å²) in [5.74, 6) is -2.64. The second-order valence-electron chi connectivity index (χ2n) is 7.02. The number of fused-ring (bicyclic) bond motifs is 2. The summed E-state index contributed by atoms with van der Waals surface area (Å²) >= 11 is 0. The van der Waals surface area contributed by atoms with Gasteiger partial charge in [-0.15, -0.1) is 0 Å². The number of nitrogens with one attached hydrogen (secondary N) is 2. The Morgan fingerprint density at radius 2 is 1.88 bits per heavy atom. The average molecular weight is 358 g/mol. The van der Waals surface area contributed by atoms with Crippen molar-refractivity contribution in [1.29, 1.82) is 0 Å². The lowest BCUT2D eigenvalue weighted by Gasteiger charge is -2.28. The number of hydrogen-bond donors (Lipinski definition) is 2. The average Bonchev–Trinajstić information content (AvgIpc) is 3.18. The maximum atomic E-state index is 14.6. The first-order chi connectivity index (χ1) is 12.3. The lowest BCUT2D eigenvalue weighted by Crippen LogP contribution is -2.31. The molecule has 0 unspecified atom stereocenters. The lowest BCUT2D eigenvalue weighted by molar-refractivity contribution is -0.108.